The van der Waals surface area contributed by atoms with Gasteiger partial charge in [0.05, 0.1) is 0 Å². The van der Waals surface area contributed by atoms with Gasteiger partial charge in [0, 0.05) is 18.2 Å². The SMILES string of the molecule is CC.CC(C)CC1CC(=C(F)F)CN1C. The first-order chi connectivity index (χ1) is 7.00. The summed E-state index contributed by atoms with van der Waals surface area (Å²) in [5, 5.41) is 0. The second-order valence-electron chi connectivity index (χ2n) is 4.27. The molecule has 90 valence electrons. The average Bonchev–Trinajstić information content (AvgIpc) is 2.50. The summed E-state index contributed by atoms with van der Waals surface area (Å²) in [6, 6.07) is 0.316. The van der Waals surface area contributed by atoms with Crippen molar-refractivity contribution in [3.8, 4) is 0 Å². The van der Waals surface area contributed by atoms with E-state index in [2.05, 4.69) is 13.8 Å². The summed E-state index contributed by atoms with van der Waals surface area (Å²) in [5.41, 5.74) is 0.327. The highest BCUT2D eigenvalue weighted by atomic mass is 19.3. The van der Waals surface area contributed by atoms with E-state index in [1.807, 2.05) is 25.8 Å². The van der Waals surface area contributed by atoms with Crippen LogP contribution in [0.1, 0.15) is 40.5 Å². The fraction of sp³-hybridized carbons (Fsp3) is 0.833. The number of halogens is 2. The van der Waals surface area contributed by atoms with E-state index in [-0.39, 0.29) is 0 Å². The molecule has 0 radical (unpaired) electrons. The van der Waals surface area contributed by atoms with Gasteiger partial charge in [-0.05, 0) is 25.8 Å². The molecule has 1 nitrogen and oxygen atoms in total. The van der Waals surface area contributed by atoms with E-state index in [0.717, 1.165) is 6.42 Å². The van der Waals surface area contributed by atoms with Crippen molar-refractivity contribution < 1.29 is 8.78 Å². The molecule has 0 bridgehead atoms. The molecule has 0 N–H and O–H groups in total. The molecule has 1 atom stereocenters. The first kappa shape index (κ1) is 14.6. The second-order valence-corrected chi connectivity index (χ2v) is 4.27. The minimum absolute atomic E-state index is 0.316. The molecule has 0 aromatic heterocycles. The van der Waals surface area contributed by atoms with Gasteiger partial charge in [0.25, 0.3) is 6.08 Å². The van der Waals surface area contributed by atoms with E-state index in [1.165, 1.54) is 0 Å². The zero-order valence-corrected chi connectivity index (χ0v) is 10.5. The fourth-order valence-corrected chi connectivity index (χ4v) is 1.88. The third-order valence-corrected chi connectivity index (χ3v) is 2.56. The van der Waals surface area contributed by atoms with Gasteiger partial charge in [-0.2, -0.15) is 8.78 Å². The number of hydrogen-bond acceptors (Lipinski definition) is 1. The van der Waals surface area contributed by atoms with Crippen LogP contribution in [-0.2, 0) is 0 Å². The van der Waals surface area contributed by atoms with Crippen molar-refractivity contribution in [3.63, 3.8) is 0 Å². The second kappa shape index (κ2) is 6.94. The fourth-order valence-electron chi connectivity index (χ4n) is 1.88. The van der Waals surface area contributed by atoms with Gasteiger partial charge < -0.3 is 0 Å². The average molecular weight is 219 g/mol. The summed E-state index contributed by atoms with van der Waals surface area (Å²) in [4.78, 5) is 2.02. The predicted octanol–water partition coefficient (Wildman–Crippen LogP) is 3.91. The Kier molecular flexibility index (Phi) is 6.73. The Bertz CT molecular complexity index is 208. The smallest absolute Gasteiger partial charge is 0.270 e. The Morgan fingerprint density at radius 1 is 1.40 bits per heavy atom. The van der Waals surface area contributed by atoms with Crippen LogP contribution < -0.4 is 0 Å². The summed E-state index contributed by atoms with van der Waals surface area (Å²) in [6.45, 7) is 8.70. The highest BCUT2D eigenvalue weighted by Gasteiger charge is 2.27. The molecule has 1 rings (SSSR count). The van der Waals surface area contributed by atoms with Crippen LogP contribution in [0.15, 0.2) is 11.7 Å². The third-order valence-electron chi connectivity index (χ3n) is 2.56. The van der Waals surface area contributed by atoms with Crippen LogP contribution in [0.4, 0.5) is 8.78 Å². The first-order valence-electron chi connectivity index (χ1n) is 5.74. The molecule has 1 aliphatic rings. The standard InChI is InChI=1S/C10H17F2N.C2H6/c1-7(2)4-9-5-8(10(11)12)6-13(9)3;1-2/h7,9H,4-6H2,1-3H3;1-2H3. The molecule has 0 saturated carbocycles. The van der Waals surface area contributed by atoms with Gasteiger partial charge in [-0.25, -0.2) is 0 Å². The van der Waals surface area contributed by atoms with Crippen molar-refractivity contribution in [2.45, 2.75) is 46.6 Å². The quantitative estimate of drug-likeness (QED) is 0.680. The molecule has 0 amide bonds. The number of rotatable bonds is 2. The molecule has 3 heteroatoms. The van der Waals surface area contributed by atoms with Gasteiger partial charge in [-0.15, -0.1) is 0 Å². The summed E-state index contributed by atoms with van der Waals surface area (Å²) < 4.78 is 24.6. The normalized spacial score (nSPS) is 21.6. The van der Waals surface area contributed by atoms with E-state index in [1.54, 1.807) is 0 Å². The monoisotopic (exact) mass is 219 g/mol. The van der Waals surface area contributed by atoms with Crippen LogP contribution >= 0.6 is 0 Å². The van der Waals surface area contributed by atoms with E-state index in [0.29, 0.717) is 30.5 Å². The van der Waals surface area contributed by atoms with Gasteiger partial charge in [0.2, 0.25) is 0 Å². The Balaban J connectivity index is 0.000000921. The molecule has 1 fully saturated rings. The lowest BCUT2D eigenvalue weighted by Crippen LogP contribution is -2.26. The minimum Gasteiger partial charge on any atom is -0.299 e. The summed E-state index contributed by atoms with van der Waals surface area (Å²) in [7, 11) is 1.92. The number of likely N-dealkylation sites (N-methyl/N-ethyl adjacent to an activating group) is 1. The van der Waals surface area contributed by atoms with E-state index >= 15 is 0 Å². The Morgan fingerprint density at radius 3 is 2.27 bits per heavy atom. The van der Waals surface area contributed by atoms with Crippen LogP contribution in [0.2, 0.25) is 0 Å². The Labute approximate surface area is 92.2 Å². The molecular weight excluding hydrogens is 196 g/mol. The molecule has 1 saturated heterocycles. The summed E-state index contributed by atoms with van der Waals surface area (Å²) in [6.07, 6.45) is 0.0858. The largest absolute Gasteiger partial charge is 0.299 e. The van der Waals surface area contributed by atoms with Gasteiger partial charge in [0.1, 0.15) is 0 Å². The maximum Gasteiger partial charge on any atom is 0.270 e. The van der Waals surface area contributed by atoms with Crippen molar-refractivity contribution in [2.75, 3.05) is 13.6 Å². The van der Waals surface area contributed by atoms with Crippen molar-refractivity contribution in [1.29, 1.82) is 0 Å². The zero-order valence-electron chi connectivity index (χ0n) is 10.5. The lowest BCUT2D eigenvalue weighted by molar-refractivity contribution is 0.273. The summed E-state index contributed by atoms with van der Waals surface area (Å²) >= 11 is 0. The highest BCUT2D eigenvalue weighted by Crippen LogP contribution is 2.28. The van der Waals surface area contributed by atoms with Crippen LogP contribution in [0.3, 0.4) is 0 Å². The maximum absolute atomic E-state index is 12.3. The molecule has 15 heavy (non-hydrogen) atoms. The third kappa shape index (κ3) is 4.74. The van der Waals surface area contributed by atoms with Gasteiger partial charge in [0.15, 0.2) is 0 Å². The molecule has 0 aromatic carbocycles. The van der Waals surface area contributed by atoms with Gasteiger partial charge in [-0.1, -0.05) is 27.7 Å². The predicted molar refractivity (Wildman–Crippen MR) is 61.1 cm³/mol. The lowest BCUT2D eigenvalue weighted by Gasteiger charge is -2.20. The van der Waals surface area contributed by atoms with E-state index in [9.17, 15) is 8.78 Å². The topological polar surface area (TPSA) is 3.24 Å². The molecule has 1 heterocycles. The molecule has 0 spiro atoms. The van der Waals surface area contributed by atoms with Gasteiger partial charge >= 0.3 is 0 Å². The molecule has 0 aromatic rings. The number of nitrogens with zero attached hydrogens (tertiary/aromatic N) is 1. The van der Waals surface area contributed by atoms with E-state index < -0.39 is 6.08 Å². The summed E-state index contributed by atoms with van der Waals surface area (Å²) in [5.74, 6) is 0.578. The zero-order chi connectivity index (χ0) is 12.0. The van der Waals surface area contributed by atoms with Crippen molar-refractivity contribution in [1.82, 2.24) is 4.90 Å². The van der Waals surface area contributed by atoms with Crippen molar-refractivity contribution in [3.05, 3.63) is 11.7 Å². The molecular formula is C12H23F2N. The van der Waals surface area contributed by atoms with Crippen molar-refractivity contribution >= 4 is 0 Å². The maximum atomic E-state index is 12.3. The van der Waals surface area contributed by atoms with Crippen molar-refractivity contribution in [2.24, 2.45) is 5.92 Å². The first-order valence-corrected chi connectivity index (χ1v) is 5.74. The Hall–Kier alpha value is -0.440. The van der Waals surface area contributed by atoms with Crippen LogP contribution in [0.5, 0.6) is 0 Å². The highest BCUT2D eigenvalue weighted by molar-refractivity contribution is 5.12. The number of hydrogen-bond donors (Lipinski definition) is 0. The lowest BCUT2D eigenvalue weighted by atomic mass is 10.0. The Morgan fingerprint density at radius 2 is 1.93 bits per heavy atom. The number of likely N-dealkylation sites (tertiary alicyclic amines) is 1. The van der Waals surface area contributed by atoms with E-state index in [4.69, 9.17) is 0 Å². The van der Waals surface area contributed by atoms with Crippen LogP contribution in [-0.4, -0.2) is 24.5 Å². The minimum atomic E-state index is -1.47. The molecule has 0 aliphatic carbocycles. The van der Waals surface area contributed by atoms with Crippen LogP contribution in [0.25, 0.3) is 0 Å². The van der Waals surface area contributed by atoms with Crippen LogP contribution in [0, 0.1) is 5.92 Å². The molecule has 1 unspecified atom stereocenters. The molecule has 1 aliphatic heterocycles. The van der Waals surface area contributed by atoms with Gasteiger partial charge in [-0.3, -0.25) is 4.90 Å².